The van der Waals surface area contributed by atoms with E-state index in [1.165, 1.54) is 0 Å². The molecule has 0 fully saturated rings. The molecule has 0 amide bonds. The third-order valence-electron chi connectivity index (χ3n) is 2.74. The minimum atomic E-state index is -0.821. The minimum absolute atomic E-state index is 0.0344. The van der Waals surface area contributed by atoms with Gasteiger partial charge in [0.25, 0.3) is 0 Å². The van der Waals surface area contributed by atoms with Crippen LogP contribution in [0.15, 0.2) is 30.3 Å². The molecule has 0 aliphatic rings. The molecule has 3 heteroatoms. The van der Waals surface area contributed by atoms with Gasteiger partial charge in [-0.2, -0.15) is 0 Å². The predicted octanol–water partition coefficient (Wildman–Crippen LogP) is 2.36. The maximum atomic E-state index is 10.8. The standard InChI is InChI=1S/C13H13NO2/c1-8-6-12(14)10-5-3-2-4-9(10)11(8)7-13(15)16/h2-6H,7,14H2,1H3,(H,15,16). The molecule has 0 spiro atoms. The second-order valence-corrected chi connectivity index (χ2v) is 3.88. The van der Waals surface area contributed by atoms with Crippen LogP contribution in [-0.2, 0) is 11.2 Å². The molecule has 2 aromatic rings. The molecule has 0 aromatic heterocycles. The number of nitrogens with two attached hydrogens (primary N) is 1. The summed E-state index contributed by atoms with van der Waals surface area (Å²) < 4.78 is 0. The molecule has 0 saturated heterocycles. The lowest BCUT2D eigenvalue weighted by atomic mass is 9.96. The van der Waals surface area contributed by atoms with Crippen molar-refractivity contribution in [1.82, 2.24) is 0 Å². The lowest BCUT2D eigenvalue weighted by Gasteiger charge is -2.10. The van der Waals surface area contributed by atoms with E-state index in [0.717, 1.165) is 21.9 Å². The Morgan fingerprint density at radius 1 is 1.31 bits per heavy atom. The largest absolute Gasteiger partial charge is 0.481 e. The van der Waals surface area contributed by atoms with Gasteiger partial charge in [-0.3, -0.25) is 4.79 Å². The van der Waals surface area contributed by atoms with Crippen LogP contribution in [0.2, 0.25) is 0 Å². The topological polar surface area (TPSA) is 63.3 Å². The third kappa shape index (κ3) is 1.72. The first-order chi connectivity index (χ1) is 7.59. The first-order valence-electron chi connectivity index (χ1n) is 5.08. The van der Waals surface area contributed by atoms with Gasteiger partial charge in [0.15, 0.2) is 0 Å². The zero-order valence-electron chi connectivity index (χ0n) is 9.03. The van der Waals surface area contributed by atoms with Crippen LogP contribution < -0.4 is 5.73 Å². The second-order valence-electron chi connectivity index (χ2n) is 3.88. The van der Waals surface area contributed by atoms with Crippen LogP contribution in [0.3, 0.4) is 0 Å². The fourth-order valence-electron chi connectivity index (χ4n) is 1.99. The third-order valence-corrected chi connectivity index (χ3v) is 2.74. The Labute approximate surface area is 93.5 Å². The smallest absolute Gasteiger partial charge is 0.307 e. The van der Waals surface area contributed by atoms with Crippen LogP contribution in [-0.4, -0.2) is 11.1 Å². The summed E-state index contributed by atoms with van der Waals surface area (Å²) in [4.78, 5) is 10.8. The maximum absolute atomic E-state index is 10.8. The highest BCUT2D eigenvalue weighted by molar-refractivity contribution is 5.97. The molecule has 0 saturated carbocycles. The number of anilines is 1. The van der Waals surface area contributed by atoms with E-state index < -0.39 is 5.97 Å². The predicted molar refractivity (Wildman–Crippen MR) is 64.4 cm³/mol. The molecular formula is C13H13NO2. The molecule has 2 rings (SSSR count). The average Bonchev–Trinajstić information content (AvgIpc) is 2.24. The molecule has 0 heterocycles. The average molecular weight is 215 g/mol. The van der Waals surface area contributed by atoms with Gasteiger partial charge < -0.3 is 10.8 Å². The molecule has 3 nitrogen and oxygen atoms in total. The highest BCUT2D eigenvalue weighted by Gasteiger charge is 2.10. The van der Waals surface area contributed by atoms with E-state index in [0.29, 0.717) is 5.69 Å². The quantitative estimate of drug-likeness (QED) is 0.756. The summed E-state index contributed by atoms with van der Waals surface area (Å²) >= 11 is 0. The first kappa shape index (κ1) is 10.5. The van der Waals surface area contributed by atoms with Crippen molar-refractivity contribution in [2.24, 2.45) is 0 Å². The van der Waals surface area contributed by atoms with Crippen molar-refractivity contribution in [2.45, 2.75) is 13.3 Å². The number of hydrogen-bond acceptors (Lipinski definition) is 2. The molecule has 0 atom stereocenters. The molecule has 0 radical (unpaired) electrons. The molecular weight excluding hydrogens is 202 g/mol. The summed E-state index contributed by atoms with van der Waals surface area (Å²) in [5.74, 6) is -0.821. The van der Waals surface area contributed by atoms with E-state index in [1.54, 1.807) is 0 Å². The highest BCUT2D eigenvalue weighted by Crippen LogP contribution is 2.27. The van der Waals surface area contributed by atoms with Crippen LogP contribution in [0.1, 0.15) is 11.1 Å². The van der Waals surface area contributed by atoms with E-state index in [-0.39, 0.29) is 6.42 Å². The summed E-state index contributed by atoms with van der Waals surface area (Å²) in [5, 5.41) is 10.7. The molecule has 0 aliphatic heterocycles. The van der Waals surface area contributed by atoms with Gasteiger partial charge in [-0.15, -0.1) is 0 Å². The lowest BCUT2D eigenvalue weighted by molar-refractivity contribution is -0.136. The van der Waals surface area contributed by atoms with Crippen LogP contribution in [0.4, 0.5) is 5.69 Å². The number of nitrogen functional groups attached to an aromatic ring is 1. The number of rotatable bonds is 2. The second kappa shape index (κ2) is 3.85. The molecule has 2 aromatic carbocycles. The van der Waals surface area contributed by atoms with Crippen molar-refractivity contribution in [2.75, 3.05) is 5.73 Å². The monoisotopic (exact) mass is 215 g/mol. The minimum Gasteiger partial charge on any atom is -0.481 e. The number of carbonyl (C=O) groups is 1. The van der Waals surface area contributed by atoms with Crippen molar-refractivity contribution < 1.29 is 9.90 Å². The van der Waals surface area contributed by atoms with E-state index in [4.69, 9.17) is 10.8 Å². The number of fused-ring (bicyclic) bond motifs is 1. The van der Waals surface area contributed by atoms with Gasteiger partial charge in [0, 0.05) is 11.1 Å². The van der Waals surface area contributed by atoms with Crippen LogP contribution in [0.25, 0.3) is 10.8 Å². The van der Waals surface area contributed by atoms with Crippen molar-refractivity contribution in [3.63, 3.8) is 0 Å². The van der Waals surface area contributed by atoms with Crippen molar-refractivity contribution in [1.29, 1.82) is 0 Å². The zero-order chi connectivity index (χ0) is 11.7. The zero-order valence-corrected chi connectivity index (χ0v) is 9.03. The fourth-order valence-corrected chi connectivity index (χ4v) is 1.99. The first-order valence-corrected chi connectivity index (χ1v) is 5.08. The van der Waals surface area contributed by atoms with Gasteiger partial charge in [0.05, 0.1) is 6.42 Å². The van der Waals surface area contributed by atoms with Crippen molar-refractivity contribution >= 4 is 22.4 Å². The highest BCUT2D eigenvalue weighted by atomic mass is 16.4. The van der Waals surface area contributed by atoms with E-state index in [1.807, 2.05) is 37.3 Å². The van der Waals surface area contributed by atoms with Gasteiger partial charge in [-0.25, -0.2) is 0 Å². The van der Waals surface area contributed by atoms with E-state index in [9.17, 15) is 4.79 Å². The molecule has 0 aliphatic carbocycles. The van der Waals surface area contributed by atoms with Gasteiger partial charge in [0.2, 0.25) is 0 Å². The van der Waals surface area contributed by atoms with E-state index in [2.05, 4.69) is 0 Å². The normalized spacial score (nSPS) is 10.6. The summed E-state index contributed by atoms with van der Waals surface area (Å²) in [5.41, 5.74) is 8.38. The molecule has 82 valence electrons. The number of hydrogen-bond donors (Lipinski definition) is 2. The Morgan fingerprint density at radius 3 is 2.56 bits per heavy atom. The Bertz CT molecular complexity index is 561. The lowest BCUT2D eigenvalue weighted by Crippen LogP contribution is -2.04. The van der Waals surface area contributed by atoms with E-state index >= 15 is 0 Å². The van der Waals surface area contributed by atoms with Gasteiger partial charge in [0.1, 0.15) is 0 Å². The van der Waals surface area contributed by atoms with Crippen LogP contribution in [0, 0.1) is 6.92 Å². The number of aliphatic carboxylic acids is 1. The molecule has 0 unspecified atom stereocenters. The molecule has 16 heavy (non-hydrogen) atoms. The maximum Gasteiger partial charge on any atom is 0.307 e. The van der Waals surface area contributed by atoms with Crippen molar-refractivity contribution in [3.8, 4) is 0 Å². The van der Waals surface area contributed by atoms with Gasteiger partial charge in [-0.1, -0.05) is 24.3 Å². The molecule has 3 N–H and O–H groups in total. The van der Waals surface area contributed by atoms with Gasteiger partial charge >= 0.3 is 5.97 Å². The van der Waals surface area contributed by atoms with Gasteiger partial charge in [-0.05, 0) is 29.5 Å². The summed E-state index contributed by atoms with van der Waals surface area (Å²) in [6.07, 6.45) is 0.0344. The molecule has 0 bridgehead atoms. The summed E-state index contributed by atoms with van der Waals surface area (Å²) in [6.45, 7) is 1.89. The number of benzene rings is 2. The fraction of sp³-hybridized carbons (Fsp3) is 0.154. The Balaban J connectivity index is 2.76. The Morgan fingerprint density at radius 2 is 1.94 bits per heavy atom. The number of carboxylic acids is 1. The Kier molecular flexibility index (Phi) is 2.52. The van der Waals surface area contributed by atoms with Crippen LogP contribution in [0.5, 0.6) is 0 Å². The Hall–Kier alpha value is -2.03. The van der Waals surface area contributed by atoms with Crippen molar-refractivity contribution in [3.05, 3.63) is 41.5 Å². The van der Waals surface area contributed by atoms with Crippen LogP contribution >= 0.6 is 0 Å². The number of aryl methyl sites for hydroxylation is 1. The summed E-state index contributed by atoms with van der Waals surface area (Å²) in [6, 6.07) is 9.46. The number of carboxylic acid groups (broad SMARTS) is 1. The SMILES string of the molecule is Cc1cc(N)c2ccccc2c1CC(=O)O. The summed E-state index contributed by atoms with van der Waals surface area (Å²) in [7, 11) is 0.